The van der Waals surface area contributed by atoms with Crippen LogP contribution in [0.4, 0.5) is 0 Å². The number of rotatable bonds is 5. The predicted octanol–water partition coefficient (Wildman–Crippen LogP) is 1.88. The van der Waals surface area contributed by atoms with Crippen LogP contribution in [0, 0.1) is 13.8 Å². The maximum Gasteiger partial charge on any atom is 0.331 e. The van der Waals surface area contributed by atoms with E-state index in [2.05, 4.69) is 10.4 Å². The molecule has 1 fully saturated rings. The lowest BCUT2D eigenvalue weighted by Crippen LogP contribution is -2.57. The van der Waals surface area contributed by atoms with Gasteiger partial charge in [-0.25, -0.2) is 4.79 Å². The van der Waals surface area contributed by atoms with Gasteiger partial charge in [0.05, 0.1) is 12.3 Å². The van der Waals surface area contributed by atoms with Crippen LogP contribution in [-0.4, -0.2) is 33.8 Å². The minimum absolute atomic E-state index is 0.126. The molecule has 1 aromatic heterocycles. The zero-order chi connectivity index (χ0) is 16.2. The quantitative estimate of drug-likeness (QED) is 0.843. The van der Waals surface area contributed by atoms with E-state index in [1.54, 1.807) is 11.6 Å². The maximum atomic E-state index is 12.4. The van der Waals surface area contributed by atoms with Crippen molar-refractivity contribution in [3.8, 4) is 0 Å². The Hall–Kier alpha value is -1.85. The maximum absolute atomic E-state index is 12.4. The van der Waals surface area contributed by atoms with Gasteiger partial charge in [-0.05, 0) is 39.7 Å². The topological polar surface area (TPSA) is 73.2 Å². The van der Waals surface area contributed by atoms with Crippen molar-refractivity contribution in [3.63, 3.8) is 0 Å². The van der Waals surface area contributed by atoms with Gasteiger partial charge in [-0.1, -0.05) is 19.3 Å². The van der Waals surface area contributed by atoms with E-state index in [9.17, 15) is 9.59 Å². The van der Waals surface area contributed by atoms with Crippen LogP contribution in [0.15, 0.2) is 6.07 Å². The van der Waals surface area contributed by atoms with E-state index in [0.717, 1.165) is 30.7 Å². The summed E-state index contributed by atoms with van der Waals surface area (Å²) in [7, 11) is 0. The second-order valence-corrected chi connectivity index (χ2v) is 6.00. The second kappa shape index (κ2) is 6.94. The molecule has 0 bridgehead atoms. The molecule has 2 rings (SSSR count). The van der Waals surface area contributed by atoms with Crippen LogP contribution < -0.4 is 5.32 Å². The smallest absolute Gasteiger partial charge is 0.331 e. The Morgan fingerprint density at radius 1 is 1.32 bits per heavy atom. The van der Waals surface area contributed by atoms with Gasteiger partial charge in [0.1, 0.15) is 12.1 Å². The van der Waals surface area contributed by atoms with Crippen LogP contribution in [0.3, 0.4) is 0 Å². The minimum atomic E-state index is -0.860. The molecule has 6 nitrogen and oxygen atoms in total. The summed E-state index contributed by atoms with van der Waals surface area (Å²) < 4.78 is 6.85. The van der Waals surface area contributed by atoms with E-state index in [1.807, 2.05) is 19.9 Å². The fraction of sp³-hybridized carbons (Fsp3) is 0.688. The van der Waals surface area contributed by atoms with Crippen molar-refractivity contribution in [3.05, 3.63) is 17.5 Å². The molecule has 1 aromatic rings. The van der Waals surface area contributed by atoms with Crippen molar-refractivity contribution in [2.45, 2.75) is 65.0 Å². The Morgan fingerprint density at radius 3 is 2.55 bits per heavy atom. The number of carbonyl (C=O) groups excluding carboxylic acids is 2. The first kappa shape index (κ1) is 16.5. The summed E-state index contributed by atoms with van der Waals surface area (Å²) in [5.74, 6) is -0.502. The highest BCUT2D eigenvalue weighted by molar-refractivity contribution is 5.88. The number of ether oxygens (including phenoxy) is 1. The summed E-state index contributed by atoms with van der Waals surface area (Å²) in [6.45, 7) is 6.04. The molecular weight excluding hydrogens is 282 g/mol. The summed E-state index contributed by atoms with van der Waals surface area (Å²) in [5.41, 5.74) is 0.950. The number of aryl methyl sites for hydroxylation is 2. The Kier molecular flexibility index (Phi) is 5.21. The van der Waals surface area contributed by atoms with Gasteiger partial charge in [0.15, 0.2) is 0 Å². The Labute approximate surface area is 131 Å². The van der Waals surface area contributed by atoms with Crippen molar-refractivity contribution in [2.75, 3.05) is 6.61 Å². The zero-order valence-electron chi connectivity index (χ0n) is 13.6. The standard InChI is InChI=1S/C16H25N3O3/c1-4-22-15(21)16(8-6-5-7-9-16)17-14(20)11-19-13(3)10-12(2)18-19/h10H,4-9,11H2,1-3H3,(H,17,20). The number of nitrogens with zero attached hydrogens (tertiary/aromatic N) is 2. The van der Waals surface area contributed by atoms with Crippen LogP contribution in [0.25, 0.3) is 0 Å². The summed E-state index contributed by atoms with van der Waals surface area (Å²) in [5, 5.41) is 7.21. The minimum Gasteiger partial charge on any atom is -0.464 e. The normalized spacial score (nSPS) is 17.0. The van der Waals surface area contributed by atoms with Gasteiger partial charge in [-0.2, -0.15) is 5.10 Å². The van der Waals surface area contributed by atoms with Crippen LogP contribution in [0.5, 0.6) is 0 Å². The summed E-state index contributed by atoms with van der Waals surface area (Å²) >= 11 is 0. The second-order valence-electron chi connectivity index (χ2n) is 6.00. The fourth-order valence-corrected chi connectivity index (χ4v) is 3.08. The SMILES string of the molecule is CCOC(=O)C1(NC(=O)Cn2nc(C)cc2C)CCCCC1. The van der Waals surface area contributed by atoms with Crippen molar-refractivity contribution in [1.82, 2.24) is 15.1 Å². The third-order valence-corrected chi connectivity index (χ3v) is 4.15. The Morgan fingerprint density at radius 2 is 2.00 bits per heavy atom. The molecule has 6 heteroatoms. The highest BCUT2D eigenvalue weighted by Crippen LogP contribution is 2.29. The Bertz CT molecular complexity index is 545. The molecule has 0 atom stereocenters. The molecule has 0 spiro atoms. The molecule has 0 radical (unpaired) electrons. The Balaban J connectivity index is 2.08. The molecule has 1 heterocycles. The number of hydrogen-bond acceptors (Lipinski definition) is 4. The van der Waals surface area contributed by atoms with Crippen LogP contribution in [0.2, 0.25) is 0 Å². The molecule has 1 N–H and O–H groups in total. The molecule has 1 saturated carbocycles. The number of amides is 1. The van der Waals surface area contributed by atoms with Crippen molar-refractivity contribution < 1.29 is 14.3 Å². The fourth-order valence-electron chi connectivity index (χ4n) is 3.08. The number of nitrogens with one attached hydrogen (secondary N) is 1. The molecule has 0 unspecified atom stereocenters. The average molecular weight is 307 g/mol. The monoisotopic (exact) mass is 307 g/mol. The molecule has 1 amide bonds. The first-order valence-corrected chi connectivity index (χ1v) is 7.96. The van der Waals surface area contributed by atoms with Gasteiger partial charge >= 0.3 is 5.97 Å². The van der Waals surface area contributed by atoms with E-state index in [0.29, 0.717) is 19.4 Å². The number of hydrogen-bond donors (Lipinski definition) is 1. The largest absolute Gasteiger partial charge is 0.464 e. The lowest BCUT2D eigenvalue weighted by Gasteiger charge is -2.35. The van der Waals surface area contributed by atoms with Gasteiger partial charge in [0.25, 0.3) is 0 Å². The molecule has 0 saturated heterocycles. The van der Waals surface area contributed by atoms with Gasteiger partial charge in [-0.15, -0.1) is 0 Å². The van der Waals surface area contributed by atoms with Gasteiger partial charge in [0.2, 0.25) is 5.91 Å². The van der Waals surface area contributed by atoms with Crippen LogP contribution >= 0.6 is 0 Å². The molecular formula is C16H25N3O3. The molecule has 22 heavy (non-hydrogen) atoms. The number of carbonyl (C=O) groups is 2. The van der Waals surface area contributed by atoms with Crippen molar-refractivity contribution in [2.24, 2.45) is 0 Å². The lowest BCUT2D eigenvalue weighted by molar-refractivity contribution is -0.155. The van der Waals surface area contributed by atoms with E-state index in [1.165, 1.54) is 0 Å². The molecule has 1 aliphatic carbocycles. The summed E-state index contributed by atoms with van der Waals surface area (Å²) in [6, 6.07) is 1.93. The number of esters is 1. The van der Waals surface area contributed by atoms with E-state index >= 15 is 0 Å². The van der Waals surface area contributed by atoms with Gasteiger partial charge < -0.3 is 10.1 Å². The van der Waals surface area contributed by atoms with Crippen LogP contribution in [-0.2, 0) is 20.9 Å². The van der Waals surface area contributed by atoms with E-state index < -0.39 is 5.54 Å². The average Bonchev–Trinajstić information content (AvgIpc) is 2.78. The summed E-state index contributed by atoms with van der Waals surface area (Å²) in [6.07, 6.45) is 4.25. The predicted molar refractivity (Wildman–Crippen MR) is 82.3 cm³/mol. The van der Waals surface area contributed by atoms with Gasteiger partial charge in [0, 0.05) is 5.69 Å². The summed E-state index contributed by atoms with van der Waals surface area (Å²) in [4.78, 5) is 24.7. The zero-order valence-corrected chi connectivity index (χ0v) is 13.6. The first-order valence-electron chi connectivity index (χ1n) is 7.96. The van der Waals surface area contributed by atoms with E-state index in [-0.39, 0.29) is 18.4 Å². The van der Waals surface area contributed by atoms with E-state index in [4.69, 9.17) is 4.74 Å². The van der Waals surface area contributed by atoms with Gasteiger partial charge in [-0.3, -0.25) is 9.48 Å². The molecule has 122 valence electrons. The molecule has 1 aliphatic rings. The number of aromatic nitrogens is 2. The molecule has 0 aliphatic heterocycles. The molecule has 0 aromatic carbocycles. The first-order chi connectivity index (χ1) is 10.5. The van der Waals surface area contributed by atoms with Crippen molar-refractivity contribution in [1.29, 1.82) is 0 Å². The lowest BCUT2D eigenvalue weighted by atomic mass is 9.81. The van der Waals surface area contributed by atoms with Crippen molar-refractivity contribution >= 4 is 11.9 Å². The third-order valence-electron chi connectivity index (χ3n) is 4.15. The highest BCUT2D eigenvalue weighted by Gasteiger charge is 2.42. The third kappa shape index (κ3) is 3.67. The highest BCUT2D eigenvalue weighted by atomic mass is 16.5. The van der Waals surface area contributed by atoms with Crippen LogP contribution in [0.1, 0.15) is 50.4 Å².